The number of rotatable bonds is 30. The standard InChI is InChI=1S/C44H72O2S2/c1-3-5-7-9-11-13-15-17-19-24-36-45-42-30-26-40(27-31-42)38-47-44(34-22-21-23-35-44)48-39-41-28-32-43(33-29-41)46-37-25-20-18-16-14-12-10-8-6-4-2/h26-33H,3-25,34-39H2,1-2H3. The first-order valence-corrected chi connectivity index (χ1v) is 22.4. The Morgan fingerprint density at radius 2 is 0.771 bits per heavy atom. The third-order valence-electron chi connectivity index (χ3n) is 10.00. The molecule has 0 aliphatic heterocycles. The summed E-state index contributed by atoms with van der Waals surface area (Å²) in [5.74, 6) is 4.21. The maximum atomic E-state index is 6.08. The van der Waals surface area contributed by atoms with Gasteiger partial charge in [0.2, 0.25) is 0 Å². The van der Waals surface area contributed by atoms with Crippen molar-refractivity contribution in [1.29, 1.82) is 0 Å². The Balaban J connectivity index is 1.27. The van der Waals surface area contributed by atoms with Crippen LogP contribution in [0.2, 0.25) is 0 Å². The Morgan fingerprint density at radius 1 is 0.438 bits per heavy atom. The van der Waals surface area contributed by atoms with E-state index in [0.717, 1.165) is 36.2 Å². The largest absolute Gasteiger partial charge is 0.494 e. The minimum Gasteiger partial charge on any atom is -0.494 e. The van der Waals surface area contributed by atoms with Crippen LogP contribution in [0.4, 0.5) is 0 Å². The van der Waals surface area contributed by atoms with Crippen LogP contribution >= 0.6 is 23.5 Å². The SMILES string of the molecule is CCCCCCCCCCCCOc1ccc(CSC2(SCc3ccc(OCCCCCCCCCCCC)cc3)CCCCC2)cc1. The first kappa shape index (κ1) is 41.2. The van der Waals surface area contributed by atoms with Crippen LogP contribution in [0.15, 0.2) is 48.5 Å². The molecule has 0 saturated heterocycles. The van der Waals surface area contributed by atoms with Gasteiger partial charge in [-0.25, -0.2) is 0 Å². The van der Waals surface area contributed by atoms with E-state index in [1.807, 2.05) is 0 Å². The Bertz CT molecular complexity index is 924. The molecule has 2 aromatic carbocycles. The number of hydrogen-bond acceptors (Lipinski definition) is 4. The van der Waals surface area contributed by atoms with Gasteiger partial charge in [0.1, 0.15) is 11.5 Å². The summed E-state index contributed by atoms with van der Waals surface area (Å²) in [7, 11) is 0. The Labute approximate surface area is 306 Å². The Kier molecular flexibility index (Phi) is 23.6. The van der Waals surface area contributed by atoms with Gasteiger partial charge in [0, 0.05) is 11.5 Å². The molecule has 0 aromatic heterocycles. The molecule has 48 heavy (non-hydrogen) atoms. The van der Waals surface area contributed by atoms with Crippen molar-refractivity contribution in [3.8, 4) is 11.5 Å². The summed E-state index contributed by atoms with van der Waals surface area (Å²) in [5.41, 5.74) is 2.83. The summed E-state index contributed by atoms with van der Waals surface area (Å²) in [4.78, 5) is 0. The molecule has 272 valence electrons. The lowest BCUT2D eigenvalue weighted by Gasteiger charge is -2.36. The van der Waals surface area contributed by atoms with Gasteiger partial charge in [0.15, 0.2) is 0 Å². The van der Waals surface area contributed by atoms with Gasteiger partial charge in [0.05, 0.1) is 17.3 Å². The highest BCUT2D eigenvalue weighted by molar-refractivity contribution is 8.17. The highest BCUT2D eigenvalue weighted by atomic mass is 32.2. The van der Waals surface area contributed by atoms with E-state index in [0.29, 0.717) is 4.08 Å². The van der Waals surface area contributed by atoms with Gasteiger partial charge in [0.25, 0.3) is 0 Å². The summed E-state index contributed by atoms with van der Waals surface area (Å²) >= 11 is 4.37. The maximum Gasteiger partial charge on any atom is 0.119 e. The second-order valence-electron chi connectivity index (χ2n) is 14.4. The van der Waals surface area contributed by atoms with Crippen molar-refractivity contribution >= 4 is 23.5 Å². The second kappa shape index (κ2) is 27.5. The van der Waals surface area contributed by atoms with Crippen molar-refractivity contribution in [1.82, 2.24) is 0 Å². The first-order chi connectivity index (χ1) is 23.7. The molecule has 0 N–H and O–H groups in total. The summed E-state index contributed by atoms with van der Waals surface area (Å²) in [6, 6.07) is 17.9. The number of benzene rings is 2. The van der Waals surface area contributed by atoms with E-state index in [4.69, 9.17) is 9.47 Å². The number of hydrogen-bond donors (Lipinski definition) is 0. The van der Waals surface area contributed by atoms with E-state index in [2.05, 4.69) is 85.9 Å². The molecule has 0 radical (unpaired) electrons. The lowest BCUT2D eigenvalue weighted by Crippen LogP contribution is -2.24. The van der Waals surface area contributed by atoms with Crippen LogP contribution in [0.1, 0.15) is 185 Å². The van der Waals surface area contributed by atoms with Crippen molar-refractivity contribution in [2.45, 2.75) is 190 Å². The molecule has 0 amide bonds. The molecule has 2 aromatic rings. The quantitative estimate of drug-likeness (QED) is 0.0597. The van der Waals surface area contributed by atoms with Crippen LogP contribution in [-0.2, 0) is 11.5 Å². The van der Waals surface area contributed by atoms with Gasteiger partial charge in [-0.3, -0.25) is 0 Å². The lowest BCUT2D eigenvalue weighted by molar-refractivity contribution is 0.304. The maximum absolute atomic E-state index is 6.08. The predicted molar refractivity (Wildman–Crippen MR) is 216 cm³/mol. The van der Waals surface area contributed by atoms with E-state index in [9.17, 15) is 0 Å². The minimum absolute atomic E-state index is 0.327. The molecule has 1 aliphatic rings. The molecule has 0 heterocycles. The van der Waals surface area contributed by atoms with E-state index in [1.54, 1.807) is 0 Å². The number of ether oxygens (including phenoxy) is 2. The van der Waals surface area contributed by atoms with Crippen LogP contribution in [0.5, 0.6) is 11.5 Å². The highest BCUT2D eigenvalue weighted by Crippen LogP contribution is 2.50. The molecule has 1 saturated carbocycles. The third-order valence-corrected chi connectivity index (χ3v) is 13.5. The molecule has 4 heteroatoms. The summed E-state index contributed by atoms with van der Waals surface area (Å²) < 4.78 is 12.5. The molecular formula is C44H72O2S2. The van der Waals surface area contributed by atoms with Gasteiger partial charge in [-0.05, 0) is 61.1 Å². The average molecular weight is 697 g/mol. The van der Waals surface area contributed by atoms with Crippen LogP contribution in [-0.4, -0.2) is 17.3 Å². The van der Waals surface area contributed by atoms with E-state index < -0.39 is 0 Å². The van der Waals surface area contributed by atoms with E-state index in [-0.39, 0.29) is 0 Å². The monoisotopic (exact) mass is 696 g/mol. The van der Waals surface area contributed by atoms with Gasteiger partial charge in [-0.15, -0.1) is 23.5 Å². The van der Waals surface area contributed by atoms with Crippen molar-refractivity contribution in [2.75, 3.05) is 13.2 Å². The number of unbranched alkanes of at least 4 members (excludes halogenated alkanes) is 18. The Morgan fingerprint density at radius 3 is 1.12 bits per heavy atom. The smallest absolute Gasteiger partial charge is 0.119 e. The normalized spacial score (nSPS) is 14.3. The Hall–Kier alpha value is -1.26. The van der Waals surface area contributed by atoms with E-state index in [1.165, 1.54) is 172 Å². The van der Waals surface area contributed by atoms with Crippen LogP contribution in [0.25, 0.3) is 0 Å². The van der Waals surface area contributed by atoms with Crippen LogP contribution < -0.4 is 9.47 Å². The van der Waals surface area contributed by atoms with E-state index >= 15 is 0 Å². The van der Waals surface area contributed by atoms with Crippen molar-refractivity contribution in [3.63, 3.8) is 0 Å². The highest BCUT2D eigenvalue weighted by Gasteiger charge is 2.33. The molecule has 1 fully saturated rings. The van der Waals surface area contributed by atoms with Crippen molar-refractivity contribution in [2.24, 2.45) is 0 Å². The van der Waals surface area contributed by atoms with Gasteiger partial charge < -0.3 is 9.47 Å². The molecule has 0 spiro atoms. The number of thioether (sulfide) groups is 2. The molecule has 0 bridgehead atoms. The van der Waals surface area contributed by atoms with Crippen molar-refractivity contribution in [3.05, 3.63) is 59.7 Å². The summed E-state index contributed by atoms with van der Waals surface area (Å²) in [5, 5.41) is 0. The lowest BCUT2D eigenvalue weighted by atomic mass is 10.00. The van der Waals surface area contributed by atoms with Crippen LogP contribution in [0, 0.1) is 0 Å². The minimum atomic E-state index is 0.327. The fourth-order valence-corrected chi connectivity index (χ4v) is 9.86. The topological polar surface area (TPSA) is 18.5 Å². The third kappa shape index (κ3) is 19.2. The van der Waals surface area contributed by atoms with Crippen molar-refractivity contribution < 1.29 is 9.47 Å². The van der Waals surface area contributed by atoms with Crippen LogP contribution in [0.3, 0.4) is 0 Å². The molecule has 0 atom stereocenters. The fourth-order valence-electron chi connectivity index (χ4n) is 6.77. The second-order valence-corrected chi connectivity index (χ2v) is 17.4. The predicted octanol–water partition coefficient (Wildman–Crippen LogP) is 15.1. The fraction of sp³-hybridized carbons (Fsp3) is 0.727. The zero-order valence-electron chi connectivity index (χ0n) is 31.3. The zero-order chi connectivity index (χ0) is 33.8. The van der Waals surface area contributed by atoms with Gasteiger partial charge in [-0.2, -0.15) is 0 Å². The zero-order valence-corrected chi connectivity index (χ0v) is 32.9. The first-order valence-electron chi connectivity index (χ1n) is 20.4. The molecule has 1 aliphatic carbocycles. The molecular weight excluding hydrogens is 625 g/mol. The summed E-state index contributed by atoms with van der Waals surface area (Å²) in [6.45, 7) is 6.27. The molecule has 3 rings (SSSR count). The molecule has 2 nitrogen and oxygen atoms in total. The molecule has 0 unspecified atom stereocenters. The summed E-state index contributed by atoms with van der Waals surface area (Å²) in [6.07, 6.45) is 34.0. The van der Waals surface area contributed by atoms with Gasteiger partial charge >= 0.3 is 0 Å². The average Bonchev–Trinajstić information content (AvgIpc) is 3.12. The van der Waals surface area contributed by atoms with Gasteiger partial charge in [-0.1, -0.05) is 173 Å².